The van der Waals surface area contributed by atoms with Crippen LogP contribution < -0.4 is 4.74 Å². The summed E-state index contributed by atoms with van der Waals surface area (Å²) in [6, 6.07) is 18.2. The van der Waals surface area contributed by atoms with Crippen molar-refractivity contribution in [3.05, 3.63) is 89.0 Å². The third kappa shape index (κ3) is 3.19. The first-order chi connectivity index (χ1) is 16.3. The van der Waals surface area contributed by atoms with Crippen LogP contribution in [-0.2, 0) is 11.0 Å². The van der Waals surface area contributed by atoms with Crippen LogP contribution in [0.2, 0.25) is 0 Å². The van der Waals surface area contributed by atoms with Gasteiger partial charge < -0.3 is 4.74 Å². The number of nitrogens with zero attached hydrogens (tertiary/aromatic N) is 2. The van der Waals surface area contributed by atoms with Crippen LogP contribution in [0.5, 0.6) is 5.75 Å². The quantitative estimate of drug-likeness (QED) is 0.121. The molecule has 0 aliphatic carbocycles. The Balaban J connectivity index is 1.69. The summed E-state index contributed by atoms with van der Waals surface area (Å²) in [4.78, 5) is 22.4. The Hall–Kier alpha value is -4.00. The van der Waals surface area contributed by atoms with Crippen molar-refractivity contribution in [2.75, 3.05) is 0 Å². The van der Waals surface area contributed by atoms with Crippen molar-refractivity contribution in [2.45, 2.75) is 25.4 Å². The Morgan fingerprint density at radius 2 is 1.59 bits per heavy atom. The molecule has 0 N–H and O–H groups in total. The van der Waals surface area contributed by atoms with Crippen molar-refractivity contribution in [2.24, 2.45) is 0 Å². The van der Waals surface area contributed by atoms with Gasteiger partial charge in [-0.3, -0.25) is 4.79 Å². The number of carbonyl (C=O) groups excluding carboxylic acids is 1. The standard InChI is InChI=1S/C27H17F3N2O2/c1-14-6-11-20-21(12-14)32-24-17-4-2-3-5-18(17)26-23(25(24)31-20)19(13-22(33)34-26)15-7-9-16(10-8-15)27(28,29)30/h2-12,19H,13H2,1H3. The second kappa shape index (κ2) is 7.25. The number of aryl methyl sites for hydroxylation is 1. The van der Waals surface area contributed by atoms with Crippen LogP contribution in [0.4, 0.5) is 13.2 Å². The Morgan fingerprint density at radius 3 is 2.32 bits per heavy atom. The van der Waals surface area contributed by atoms with Crippen LogP contribution in [0.15, 0.2) is 66.7 Å². The summed E-state index contributed by atoms with van der Waals surface area (Å²) in [7, 11) is 0. The number of halogens is 3. The van der Waals surface area contributed by atoms with Crippen molar-refractivity contribution >= 4 is 38.8 Å². The lowest BCUT2D eigenvalue weighted by atomic mass is 9.83. The van der Waals surface area contributed by atoms with E-state index in [-0.39, 0.29) is 6.42 Å². The van der Waals surface area contributed by atoms with Gasteiger partial charge in [0.1, 0.15) is 5.75 Å². The van der Waals surface area contributed by atoms with Crippen LogP contribution in [0.25, 0.3) is 32.8 Å². The van der Waals surface area contributed by atoms with E-state index in [1.165, 1.54) is 12.1 Å². The molecule has 0 bridgehead atoms. The Morgan fingerprint density at radius 1 is 0.882 bits per heavy atom. The van der Waals surface area contributed by atoms with Crippen LogP contribution in [0.1, 0.15) is 34.6 Å². The summed E-state index contributed by atoms with van der Waals surface area (Å²) in [5, 5.41) is 1.52. The first kappa shape index (κ1) is 20.6. The predicted molar refractivity (Wildman–Crippen MR) is 123 cm³/mol. The number of aromatic nitrogens is 2. The van der Waals surface area contributed by atoms with Gasteiger partial charge in [-0.25, -0.2) is 9.97 Å². The third-order valence-corrected chi connectivity index (χ3v) is 6.32. The minimum Gasteiger partial charge on any atom is -0.425 e. The summed E-state index contributed by atoms with van der Waals surface area (Å²) in [6.07, 6.45) is -4.44. The molecule has 4 aromatic carbocycles. The zero-order chi connectivity index (χ0) is 23.6. The molecule has 1 aliphatic rings. The molecule has 168 valence electrons. The molecule has 0 saturated heterocycles. The molecule has 6 rings (SSSR count). The molecule has 2 heterocycles. The average Bonchev–Trinajstić information content (AvgIpc) is 2.82. The number of benzene rings is 4. The predicted octanol–water partition coefficient (Wildman–Crippen LogP) is 6.70. The molecule has 1 unspecified atom stereocenters. The lowest BCUT2D eigenvalue weighted by molar-refractivity contribution is -0.138. The Labute approximate surface area is 192 Å². The van der Waals surface area contributed by atoms with Gasteiger partial charge in [0.15, 0.2) is 0 Å². The molecule has 0 fully saturated rings. The van der Waals surface area contributed by atoms with Crippen LogP contribution in [-0.4, -0.2) is 15.9 Å². The van der Waals surface area contributed by atoms with Gasteiger partial charge in [-0.05, 0) is 42.3 Å². The highest BCUT2D eigenvalue weighted by Gasteiger charge is 2.35. The van der Waals surface area contributed by atoms with E-state index < -0.39 is 23.6 Å². The van der Waals surface area contributed by atoms with Crippen LogP contribution in [0, 0.1) is 6.92 Å². The Kier molecular flexibility index (Phi) is 4.39. The number of alkyl halides is 3. The highest BCUT2D eigenvalue weighted by Crippen LogP contribution is 2.47. The molecule has 34 heavy (non-hydrogen) atoms. The van der Waals surface area contributed by atoms with E-state index in [9.17, 15) is 18.0 Å². The highest BCUT2D eigenvalue weighted by atomic mass is 19.4. The highest BCUT2D eigenvalue weighted by molar-refractivity contribution is 6.12. The average molecular weight is 458 g/mol. The number of rotatable bonds is 1. The first-order valence-corrected chi connectivity index (χ1v) is 10.8. The van der Waals surface area contributed by atoms with Gasteiger partial charge in [0.2, 0.25) is 0 Å². The van der Waals surface area contributed by atoms with Crippen molar-refractivity contribution in [3.63, 3.8) is 0 Å². The van der Waals surface area contributed by atoms with Gasteiger partial charge in [-0.1, -0.05) is 42.5 Å². The van der Waals surface area contributed by atoms with E-state index >= 15 is 0 Å². The summed E-state index contributed by atoms with van der Waals surface area (Å²) >= 11 is 0. The van der Waals surface area contributed by atoms with E-state index in [1.54, 1.807) is 0 Å². The van der Waals surface area contributed by atoms with Gasteiger partial charge in [0.25, 0.3) is 0 Å². The molecule has 0 radical (unpaired) electrons. The number of hydrogen-bond acceptors (Lipinski definition) is 4. The van der Waals surface area contributed by atoms with Crippen LogP contribution >= 0.6 is 0 Å². The first-order valence-electron chi connectivity index (χ1n) is 10.8. The molecular formula is C27H17F3N2O2. The maximum atomic E-state index is 13.1. The zero-order valence-electron chi connectivity index (χ0n) is 18.0. The smallest absolute Gasteiger partial charge is 0.416 e. The molecular weight excluding hydrogens is 441 g/mol. The monoisotopic (exact) mass is 458 g/mol. The topological polar surface area (TPSA) is 52.1 Å². The fourth-order valence-electron chi connectivity index (χ4n) is 4.73. The van der Waals surface area contributed by atoms with Crippen molar-refractivity contribution in [3.8, 4) is 5.75 Å². The summed E-state index contributed by atoms with van der Waals surface area (Å²) in [5.41, 5.74) is 4.27. The van der Waals surface area contributed by atoms with E-state index in [0.717, 1.165) is 34.0 Å². The SMILES string of the molecule is Cc1ccc2nc3c4c(c5ccccc5c3nc2c1)OC(=O)CC4c1ccc(C(F)(F)F)cc1. The second-order valence-corrected chi connectivity index (χ2v) is 8.55. The van der Waals surface area contributed by atoms with E-state index in [0.29, 0.717) is 33.4 Å². The lowest BCUT2D eigenvalue weighted by Crippen LogP contribution is -2.22. The fourth-order valence-corrected chi connectivity index (χ4v) is 4.73. The molecule has 4 nitrogen and oxygen atoms in total. The molecule has 0 spiro atoms. The lowest BCUT2D eigenvalue weighted by Gasteiger charge is -2.27. The molecule has 0 saturated carbocycles. The van der Waals surface area contributed by atoms with Crippen molar-refractivity contribution in [1.82, 2.24) is 9.97 Å². The molecule has 0 amide bonds. The van der Waals surface area contributed by atoms with E-state index in [1.807, 2.05) is 49.4 Å². The van der Waals surface area contributed by atoms with Gasteiger partial charge in [0.05, 0.1) is 34.1 Å². The number of carbonyl (C=O) groups is 1. The van der Waals surface area contributed by atoms with Gasteiger partial charge in [-0.15, -0.1) is 0 Å². The summed E-state index contributed by atoms with van der Waals surface area (Å²) in [5.74, 6) is -0.556. The third-order valence-electron chi connectivity index (χ3n) is 6.32. The minimum absolute atomic E-state index is 0.000576. The van der Waals surface area contributed by atoms with Crippen molar-refractivity contribution < 1.29 is 22.7 Å². The van der Waals surface area contributed by atoms with E-state index in [2.05, 4.69) is 0 Å². The maximum absolute atomic E-state index is 13.1. The minimum atomic E-state index is -4.44. The Bertz CT molecular complexity index is 1630. The largest absolute Gasteiger partial charge is 0.425 e. The molecule has 1 aromatic heterocycles. The number of ether oxygens (including phenoxy) is 1. The fraction of sp³-hybridized carbons (Fsp3) is 0.148. The molecule has 1 aliphatic heterocycles. The van der Waals surface area contributed by atoms with E-state index in [4.69, 9.17) is 14.7 Å². The van der Waals surface area contributed by atoms with Gasteiger partial charge in [0, 0.05) is 22.3 Å². The van der Waals surface area contributed by atoms with Gasteiger partial charge >= 0.3 is 12.1 Å². The number of fused-ring (bicyclic) bond motifs is 7. The van der Waals surface area contributed by atoms with Crippen molar-refractivity contribution in [1.29, 1.82) is 0 Å². The summed E-state index contributed by atoms with van der Waals surface area (Å²) < 4.78 is 45.1. The zero-order valence-corrected chi connectivity index (χ0v) is 18.0. The normalized spacial score (nSPS) is 16.1. The molecule has 5 aromatic rings. The molecule has 7 heteroatoms. The number of hydrogen-bond donors (Lipinski definition) is 0. The maximum Gasteiger partial charge on any atom is 0.416 e. The second-order valence-electron chi connectivity index (χ2n) is 8.55. The number of esters is 1. The molecule has 1 atom stereocenters. The summed E-state index contributed by atoms with van der Waals surface area (Å²) in [6.45, 7) is 1.98. The van der Waals surface area contributed by atoms with Crippen LogP contribution in [0.3, 0.4) is 0 Å². The van der Waals surface area contributed by atoms with Gasteiger partial charge in [-0.2, -0.15) is 13.2 Å².